The quantitative estimate of drug-likeness (QED) is 0.621. The van der Waals surface area contributed by atoms with Gasteiger partial charge in [0.05, 0.1) is 7.11 Å². The molecule has 0 atom stereocenters. The van der Waals surface area contributed by atoms with Crippen LogP contribution >= 0.6 is 22.7 Å². The van der Waals surface area contributed by atoms with Gasteiger partial charge < -0.3 is 4.74 Å². The molecule has 0 aliphatic heterocycles. The van der Waals surface area contributed by atoms with E-state index >= 15 is 0 Å². The molecule has 1 aromatic carbocycles. The maximum absolute atomic E-state index is 5.24. The van der Waals surface area contributed by atoms with Gasteiger partial charge in [-0.1, -0.05) is 41.2 Å². The lowest BCUT2D eigenvalue weighted by molar-refractivity contribution is 0.427. The molecule has 0 saturated heterocycles. The Morgan fingerprint density at radius 2 is 1.37 bits per heavy atom. The average molecular weight is 286 g/mol. The first-order valence-corrected chi connectivity index (χ1v) is 7.70. The number of hydrogen-bond acceptors (Lipinski definition) is 3. The number of benzene rings is 1. The highest BCUT2D eigenvalue weighted by Crippen LogP contribution is 2.39. The molecule has 0 unspecified atom stereocenters. The third-order valence-electron chi connectivity index (χ3n) is 2.97. The van der Waals surface area contributed by atoms with Gasteiger partial charge >= 0.3 is 0 Å². The Balaban J connectivity index is 1.92. The van der Waals surface area contributed by atoms with E-state index in [9.17, 15) is 0 Å². The molecule has 0 bridgehead atoms. The Bertz CT molecular complexity index is 677. The summed E-state index contributed by atoms with van der Waals surface area (Å²) >= 11 is 3.51. The Morgan fingerprint density at radius 3 is 2.05 bits per heavy atom. The Morgan fingerprint density at radius 1 is 0.737 bits per heavy atom. The van der Waals surface area contributed by atoms with Crippen LogP contribution in [-0.2, 0) is 0 Å². The van der Waals surface area contributed by atoms with Gasteiger partial charge in [0.25, 0.3) is 0 Å². The van der Waals surface area contributed by atoms with Crippen LogP contribution in [0.2, 0.25) is 0 Å². The third-order valence-corrected chi connectivity index (χ3v) is 5.34. The van der Waals surface area contributed by atoms with Crippen LogP contribution in [0.3, 0.4) is 0 Å². The number of hydrogen-bond donors (Lipinski definition) is 0. The molecule has 0 fully saturated rings. The summed E-state index contributed by atoms with van der Waals surface area (Å²) in [5.41, 5.74) is 2.58. The molecule has 0 aliphatic rings. The van der Waals surface area contributed by atoms with E-state index in [0.29, 0.717) is 0 Å². The first-order chi connectivity index (χ1) is 9.26. The molecule has 0 spiro atoms. The second-order valence-corrected chi connectivity index (χ2v) is 6.48. The molecule has 0 aliphatic carbocycles. The van der Waals surface area contributed by atoms with Crippen LogP contribution in [0.25, 0.3) is 20.2 Å². The van der Waals surface area contributed by atoms with E-state index in [2.05, 4.69) is 49.4 Å². The Labute approximate surface area is 121 Å². The van der Waals surface area contributed by atoms with Gasteiger partial charge in [0, 0.05) is 14.6 Å². The molecule has 96 valence electrons. The molecule has 1 nitrogen and oxygen atoms in total. The Kier molecular flexibility index (Phi) is 3.40. The second-order valence-electron chi connectivity index (χ2n) is 4.35. The summed E-state index contributed by atoms with van der Waals surface area (Å²) < 4.78 is 5.24. The molecule has 0 amide bonds. The normalized spacial score (nSPS) is 10.6. The van der Waals surface area contributed by atoms with E-state index in [-0.39, 0.29) is 0 Å². The van der Waals surface area contributed by atoms with Gasteiger partial charge in [0.15, 0.2) is 5.06 Å². The average Bonchev–Trinajstić information content (AvgIpc) is 3.08. The Hall–Kier alpha value is -1.58. The van der Waals surface area contributed by atoms with Gasteiger partial charge in [-0.25, -0.2) is 0 Å². The third kappa shape index (κ3) is 2.57. The lowest BCUT2D eigenvalue weighted by atomic mass is 10.1. The second kappa shape index (κ2) is 5.19. The van der Waals surface area contributed by atoms with E-state index in [1.54, 1.807) is 18.4 Å². The van der Waals surface area contributed by atoms with Crippen molar-refractivity contribution in [3.63, 3.8) is 0 Å². The van der Waals surface area contributed by atoms with Gasteiger partial charge in [-0.05, 0) is 36.8 Å². The minimum atomic E-state index is 0.959. The molecular formula is C16H14OS2. The predicted molar refractivity (Wildman–Crippen MR) is 84.4 cm³/mol. The van der Waals surface area contributed by atoms with E-state index in [1.807, 2.05) is 17.4 Å². The van der Waals surface area contributed by atoms with Crippen molar-refractivity contribution in [3.8, 4) is 25.3 Å². The highest BCUT2D eigenvalue weighted by molar-refractivity contribution is 7.24. The maximum Gasteiger partial charge on any atom is 0.173 e. The summed E-state index contributed by atoms with van der Waals surface area (Å²) in [6, 6.07) is 17.2. The van der Waals surface area contributed by atoms with Crippen molar-refractivity contribution < 1.29 is 4.74 Å². The topological polar surface area (TPSA) is 9.23 Å². The number of rotatable bonds is 3. The van der Waals surface area contributed by atoms with Crippen molar-refractivity contribution in [3.05, 3.63) is 54.1 Å². The van der Waals surface area contributed by atoms with Gasteiger partial charge in [-0.15, -0.1) is 11.3 Å². The van der Waals surface area contributed by atoms with Crippen molar-refractivity contribution >= 4 is 22.7 Å². The van der Waals surface area contributed by atoms with E-state index in [4.69, 9.17) is 4.74 Å². The SMILES string of the molecule is COc1ccc(-c2ccc(-c3ccc(C)cc3)s2)s1. The van der Waals surface area contributed by atoms with Crippen molar-refractivity contribution in [1.82, 2.24) is 0 Å². The summed E-state index contributed by atoms with van der Waals surface area (Å²) in [6.45, 7) is 2.11. The summed E-state index contributed by atoms with van der Waals surface area (Å²) in [6.07, 6.45) is 0. The number of thiophene rings is 2. The summed E-state index contributed by atoms with van der Waals surface area (Å²) in [7, 11) is 1.71. The number of ether oxygens (including phenoxy) is 1. The van der Waals surface area contributed by atoms with Crippen molar-refractivity contribution in [1.29, 1.82) is 0 Å². The van der Waals surface area contributed by atoms with E-state index in [0.717, 1.165) is 5.06 Å². The lowest BCUT2D eigenvalue weighted by Gasteiger charge is -1.97. The summed E-state index contributed by atoms with van der Waals surface area (Å²) in [5, 5.41) is 0.959. The van der Waals surface area contributed by atoms with Crippen LogP contribution in [0, 0.1) is 6.92 Å². The van der Waals surface area contributed by atoms with Crippen LogP contribution in [0.5, 0.6) is 5.06 Å². The van der Waals surface area contributed by atoms with Gasteiger partial charge in [-0.2, -0.15) is 0 Å². The standard InChI is InChI=1S/C16H14OS2/c1-11-3-5-12(6-4-11)13-7-8-14(18-13)15-9-10-16(17-2)19-15/h3-10H,1-2H3. The minimum Gasteiger partial charge on any atom is -0.487 e. The zero-order valence-electron chi connectivity index (χ0n) is 10.8. The maximum atomic E-state index is 5.24. The first kappa shape index (κ1) is 12.5. The fourth-order valence-electron chi connectivity index (χ4n) is 1.91. The summed E-state index contributed by atoms with van der Waals surface area (Å²) in [5.74, 6) is 0. The smallest absolute Gasteiger partial charge is 0.173 e. The van der Waals surface area contributed by atoms with Gasteiger partial charge in [0.1, 0.15) is 0 Å². The van der Waals surface area contributed by atoms with Crippen LogP contribution in [0.4, 0.5) is 0 Å². The minimum absolute atomic E-state index is 0.959. The fraction of sp³-hybridized carbons (Fsp3) is 0.125. The molecule has 2 aromatic heterocycles. The molecule has 3 heteroatoms. The zero-order valence-corrected chi connectivity index (χ0v) is 12.5. The van der Waals surface area contributed by atoms with Crippen LogP contribution in [-0.4, -0.2) is 7.11 Å². The highest BCUT2D eigenvalue weighted by atomic mass is 32.1. The lowest BCUT2D eigenvalue weighted by Crippen LogP contribution is -1.73. The molecule has 3 aromatic rings. The molecule has 3 rings (SSSR count). The van der Waals surface area contributed by atoms with Gasteiger partial charge in [-0.3, -0.25) is 0 Å². The number of aryl methyl sites for hydroxylation is 1. The molecule has 0 radical (unpaired) electrons. The van der Waals surface area contributed by atoms with E-state index < -0.39 is 0 Å². The van der Waals surface area contributed by atoms with Crippen molar-refractivity contribution in [2.75, 3.05) is 7.11 Å². The molecule has 2 heterocycles. The molecular weight excluding hydrogens is 272 g/mol. The van der Waals surface area contributed by atoms with Crippen LogP contribution in [0.1, 0.15) is 5.56 Å². The first-order valence-electron chi connectivity index (χ1n) is 6.07. The zero-order chi connectivity index (χ0) is 13.2. The molecule has 0 N–H and O–H groups in total. The van der Waals surface area contributed by atoms with Crippen molar-refractivity contribution in [2.45, 2.75) is 6.92 Å². The summed E-state index contributed by atoms with van der Waals surface area (Å²) in [4.78, 5) is 3.87. The predicted octanol–water partition coefficient (Wildman–Crippen LogP) is 5.46. The molecule has 19 heavy (non-hydrogen) atoms. The van der Waals surface area contributed by atoms with Crippen molar-refractivity contribution in [2.24, 2.45) is 0 Å². The fourth-order valence-corrected chi connectivity index (χ4v) is 3.83. The van der Waals surface area contributed by atoms with Crippen LogP contribution in [0.15, 0.2) is 48.5 Å². The molecule has 0 saturated carbocycles. The number of methoxy groups -OCH3 is 1. The van der Waals surface area contributed by atoms with Crippen LogP contribution < -0.4 is 4.74 Å². The van der Waals surface area contributed by atoms with Gasteiger partial charge in [0.2, 0.25) is 0 Å². The monoisotopic (exact) mass is 286 g/mol. The highest BCUT2D eigenvalue weighted by Gasteiger charge is 2.07. The van der Waals surface area contributed by atoms with E-state index in [1.165, 1.54) is 25.8 Å². The largest absolute Gasteiger partial charge is 0.487 e.